The molecule has 0 radical (unpaired) electrons. The van der Waals surface area contributed by atoms with Gasteiger partial charge in [0, 0.05) is 17.0 Å². The third-order valence-corrected chi connectivity index (χ3v) is 4.29. The second-order valence-corrected chi connectivity index (χ2v) is 5.73. The van der Waals surface area contributed by atoms with Crippen molar-refractivity contribution in [3.63, 3.8) is 0 Å². The highest BCUT2D eigenvalue weighted by molar-refractivity contribution is 6.24. The number of nitrogens with zero attached hydrogens (tertiary/aromatic N) is 2. The van der Waals surface area contributed by atoms with Crippen LogP contribution in [0.25, 0.3) is 22.3 Å². The molecule has 0 unspecified atom stereocenters. The fourth-order valence-electron chi connectivity index (χ4n) is 3.22. The van der Waals surface area contributed by atoms with Crippen LogP contribution in [0.4, 0.5) is 5.69 Å². The number of furan rings is 1. The minimum absolute atomic E-state index is 0.00986. The van der Waals surface area contributed by atoms with Crippen LogP contribution in [0.3, 0.4) is 0 Å². The molecule has 1 aliphatic rings. The molecule has 2 aromatic carbocycles. The van der Waals surface area contributed by atoms with Crippen molar-refractivity contribution in [2.75, 3.05) is 4.90 Å². The zero-order valence-corrected chi connectivity index (χ0v) is 12.6. The van der Waals surface area contributed by atoms with Gasteiger partial charge in [-0.05, 0) is 29.7 Å². The molecular formula is C19H12N2O3. The van der Waals surface area contributed by atoms with Gasteiger partial charge in [-0.3, -0.25) is 4.79 Å². The Labute approximate surface area is 137 Å². The maximum Gasteiger partial charge on any atom is 0.259 e. The lowest BCUT2D eigenvalue weighted by Gasteiger charge is -2.15. The SMILES string of the molecule is O=C1c2cccc3cccc(c23)N1Cc1cc(-c2ccco2)on1. The van der Waals surface area contributed by atoms with Crippen LogP contribution in [0, 0.1) is 0 Å². The summed E-state index contributed by atoms with van der Waals surface area (Å²) in [6.45, 7) is 0.358. The zero-order chi connectivity index (χ0) is 16.1. The number of anilines is 1. The van der Waals surface area contributed by atoms with Crippen LogP contribution in [0.1, 0.15) is 16.1 Å². The molecule has 2 aromatic heterocycles. The lowest BCUT2D eigenvalue weighted by molar-refractivity contribution is 0.0991. The molecule has 0 bridgehead atoms. The van der Waals surface area contributed by atoms with Crippen LogP contribution >= 0.6 is 0 Å². The van der Waals surface area contributed by atoms with Crippen molar-refractivity contribution in [3.8, 4) is 11.5 Å². The number of benzene rings is 2. The van der Waals surface area contributed by atoms with E-state index in [1.54, 1.807) is 23.3 Å². The molecule has 1 amide bonds. The largest absolute Gasteiger partial charge is 0.461 e. The first-order valence-corrected chi connectivity index (χ1v) is 7.64. The van der Waals surface area contributed by atoms with Crippen molar-refractivity contribution in [3.05, 3.63) is 72.1 Å². The Kier molecular flexibility index (Phi) is 2.64. The van der Waals surface area contributed by atoms with Gasteiger partial charge >= 0.3 is 0 Å². The summed E-state index contributed by atoms with van der Waals surface area (Å²) in [6.07, 6.45) is 1.58. The first kappa shape index (κ1) is 13.1. The number of aromatic nitrogens is 1. The third kappa shape index (κ3) is 1.81. The Hall–Kier alpha value is -3.34. The summed E-state index contributed by atoms with van der Waals surface area (Å²) in [4.78, 5) is 14.5. The van der Waals surface area contributed by atoms with Crippen LogP contribution in [-0.2, 0) is 6.54 Å². The molecule has 5 nitrogen and oxygen atoms in total. The van der Waals surface area contributed by atoms with E-state index in [1.165, 1.54) is 0 Å². The van der Waals surface area contributed by atoms with E-state index in [2.05, 4.69) is 5.16 Å². The Morgan fingerprint density at radius 1 is 1.00 bits per heavy atom. The second kappa shape index (κ2) is 4.83. The van der Waals surface area contributed by atoms with E-state index in [0.717, 1.165) is 22.0 Å². The number of carbonyl (C=O) groups is 1. The quantitative estimate of drug-likeness (QED) is 0.567. The van der Waals surface area contributed by atoms with E-state index in [4.69, 9.17) is 8.94 Å². The van der Waals surface area contributed by atoms with Gasteiger partial charge in [0.15, 0.2) is 5.76 Å². The number of amides is 1. The third-order valence-electron chi connectivity index (χ3n) is 4.29. The first-order valence-electron chi connectivity index (χ1n) is 7.64. The van der Waals surface area contributed by atoms with Crippen LogP contribution in [0.2, 0.25) is 0 Å². The van der Waals surface area contributed by atoms with E-state index >= 15 is 0 Å². The molecule has 3 heterocycles. The molecule has 0 N–H and O–H groups in total. The molecule has 1 aliphatic heterocycles. The van der Waals surface area contributed by atoms with Gasteiger partial charge in [-0.1, -0.05) is 29.4 Å². The monoisotopic (exact) mass is 316 g/mol. The molecule has 116 valence electrons. The van der Waals surface area contributed by atoms with Crippen molar-refractivity contribution in [1.82, 2.24) is 5.16 Å². The van der Waals surface area contributed by atoms with Crippen molar-refractivity contribution in [2.45, 2.75) is 6.54 Å². The molecule has 0 fully saturated rings. The number of hydrogen-bond donors (Lipinski definition) is 0. The Morgan fingerprint density at radius 3 is 2.71 bits per heavy atom. The van der Waals surface area contributed by atoms with E-state index in [9.17, 15) is 4.79 Å². The fraction of sp³-hybridized carbons (Fsp3) is 0.0526. The highest BCUT2D eigenvalue weighted by Gasteiger charge is 2.30. The first-order chi connectivity index (χ1) is 11.8. The fourth-order valence-corrected chi connectivity index (χ4v) is 3.22. The summed E-state index contributed by atoms with van der Waals surface area (Å²) >= 11 is 0. The van der Waals surface area contributed by atoms with Gasteiger partial charge in [-0.2, -0.15) is 0 Å². The van der Waals surface area contributed by atoms with Crippen LogP contribution in [0.15, 0.2) is 69.8 Å². The molecule has 0 atom stereocenters. The van der Waals surface area contributed by atoms with E-state index < -0.39 is 0 Å². The van der Waals surface area contributed by atoms with Gasteiger partial charge in [0.05, 0.1) is 18.5 Å². The summed E-state index contributed by atoms with van der Waals surface area (Å²) in [5.41, 5.74) is 2.33. The van der Waals surface area contributed by atoms with Crippen molar-refractivity contribution in [1.29, 1.82) is 0 Å². The van der Waals surface area contributed by atoms with Gasteiger partial charge in [0.2, 0.25) is 5.76 Å². The predicted molar refractivity (Wildman–Crippen MR) is 88.7 cm³/mol. The summed E-state index contributed by atoms with van der Waals surface area (Å²) in [6, 6.07) is 17.1. The van der Waals surface area contributed by atoms with E-state index in [1.807, 2.05) is 42.5 Å². The smallest absolute Gasteiger partial charge is 0.259 e. The molecule has 0 saturated heterocycles. The minimum atomic E-state index is -0.00986. The topological polar surface area (TPSA) is 59.5 Å². The predicted octanol–water partition coefficient (Wildman–Crippen LogP) is 4.25. The van der Waals surface area contributed by atoms with E-state index in [-0.39, 0.29) is 5.91 Å². The lowest BCUT2D eigenvalue weighted by Crippen LogP contribution is -2.26. The molecule has 24 heavy (non-hydrogen) atoms. The van der Waals surface area contributed by atoms with Gasteiger partial charge < -0.3 is 13.8 Å². The van der Waals surface area contributed by atoms with Gasteiger partial charge in [0.25, 0.3) is 5.91 Å². The van der Waals surface area contributed by atoms with Crippen LogP contribution in [0.5, 0.6) is 0 Å². The summed E-state index contributed by atoms with van der Waals surface area (Å²) < 4.78 is 10.6. The molecule has 0 saturated carbocycles. The van der Waals surface area contributed by atoms with Crippen molar-refractivity contribution >= 4 is 22.4 Å². The maximum atomic E-state index is 12.8. The highest BCUT2D eigenvalue weighted by atomic mass is 16.5. The van der Waals surface area contributed by atoms with Gasteiger partial charge in [-0.25, -0.2) is 0 Å². The second-order valence-electron chi connectivity index (χ2n) is 5.73. The molecule has 0 aliphatic carbocycles. The Morgan fingerprint density at radius 2 is 1.88 bits per heavy atom. The van der Waals surface area contributed by atoms with Gasteiger partial charge in [-0.15, -0.1) is 0 Å². The molecular weight excluding hydrogens is 304 g/mol. The van der Waals surface area contributed by atoms with Crippen LogP contribution < -0.4 is 4.90 Å². The van der Waals surface area contributed by atoms with Crippen LogP contribution in [-0.4, -0.2) is 11.1 Å². The normalized spacial score (nSPS) is 13.2. The average Bonchev–Trinajstić information content (AvgIpc) is 3.33. The maximum absolute atomic E-state index is 12.8. The van der Waals surface area contributed by atoms with E-state index in [0.29, 0.717) is 23.8 Å². The Balaban J connectivity index is 1.53. The summed E-state index contributed by atoms with van der Waals surface area (Å²) in [5.74, 6) is 1.16. The Bertz CT molecular complexity index is 1060. The van der Waals surface area contributed by atoms with Crippen molar-refractivity contribution in [2.24, 2.45) is 0 Å². The molecule has 0 spiro atoms. The summed E-state index contributed by atoms with van der Waals surface area (Å²) in [7, 11) is 0. The lowest BCUT2D eigenvalue weighted by atomic mass is 10.1. The molecule has 4 aromatic rings. The average molecular weight is 316 g/mol. The van der Waals surface area contributed by atoms with Crippen molar-refractivity contribution < 1.29 is 13.7 Å². The molecule has 5 rings (SSSR count). The number of carbonyl (C=O) groups excluding carboxylic acids is 1. The highest BCUT2D eigenvalue weighted by Crippen LogP contribution is 2.38. The zero-order valence-electron chi connectivity index (χ0n) is 12.6. The standard InChI is InChI=1S/C19H12N2O3/c22-19-14-6-1-4-12-5-2-7-15(18(12)14)21(19)11-13-10-17(24-20-13)16-8-3-9-23-16/h1-10H,11H2. The van der Waals surface area contributed by atoms with Gasteiger partial charge in [0.1, 0.15) is 5.69 Å². The number of hydrogen-bond acceptors (Lipinski definition) is 4. The summed E-state index contributed by atoms with van der Waals surface area (Å²) in [5, 5.41) is 6.13. The number of rotatable bonds is 3. The minimum Gasteiger partial charge on any atom is -0.461 e. The molecule has 5 heteroatoms.